The number of aryl methyl sites for hydroxylation is 1. The van der Waals surface area contributed by atoms with E-state index >= 15 is 0 Å². The number of fused-ring (bicyclic) bond motifs is 1. The van der Waals surface area contributed by atoms with Gasteiger partial charge in [-0.1, -0.05) is 48.5 Å². The molecular formula is C17H17NO2. The monoisotopic (exact) mass is 267 g/mol. The third-order valence-corrected chi connectivity index (χ3v) is 4.01. The van der Waals surface area contributed by atoms with Crippen molar-refractivity contribution in [2.45, 2.75) is 19.0 Å². The fourth-order valence-corrected chi connectivity index (χ4v) is 3.04. The van der Waals surface area contributed by atoms with Crippen LogP contribution < -0.4 is 5.32 Å². The Morgan fingerprint density at radius 3 is 2.45 bits per heavy atom. The van der Waals surface area contributed by atoms with E-state index in [9.17, 15) is 4.79 Å². The number of methoxy groups -OCH3 is 1. The summed E-state index contributed by atoms with van der Waals surface area (Å²) < 4.78 is 5.10. The van der Waals surface area contributed by atoms with E-state index in [1.807, 2.05) is 55.5 Å². The highest BCUT2D eigenvalue weighted by Crippen LogP contribution is 2.39. The molecule has 2 aromatic rings. The van der Waals surface area contributed by atoms with E-state index in [0.717, 1.165) is 22.3 Å². The summed E-state index contributed by atoms with van der Waals surface area (Å²) in [5.41, 5.74) is 3.26. The number of carbonyl (C=O) groups excluding carboxylic acids is 1. The number of hydrogen-bond acceptors (Lipinski definition) is 3. The molecule has 0 bridgehead atoms. The van der Waals surface area contributed by atoms with Crippen LogP contribution in [0.25, 0.3) is 0 Å². The molecular weight excluding hydrogens is 250 g/mol. The molecule has 1 aliphatic heterocycles. The Labute approximate surface area is 118 Å². The lowest BCUT2D eigenvalue weighted by Gasteiger charge is -2.29. The summed E-state index contributed by atoms with van der Waals surface area (Å²) >= 11 is 0. The quantitative estimate of drug-likeness (QED) is 0.850. The third kappa shape index (κ3) is 1.67. The molecule has 0 radical (unpaired) electrons. The van der Waals surface area contributed by atoms with Gasteiger partial charge in [-0.25, -0.2) is 4.79 Å². The maximum atomic E-state index is 12.6. The van der Waals surface area contributed by atoms with Crippen LogP contribution in [0, 0.1) is 6.92 Å². The second-order valence-corrected chi connectivity index (χ2v) is 5.07. The predicted octanol–water partition coefficient (Wildman–Crippen LogP) is 2.51. The maximum absolute atomic E-state index is 12.6. The molecule has 3 rings (SSSR count). The molecule has 0 aromatic heterocycles. The molecule has 1 heterocycles. The zero-order valence-corrected chi connectivity index (χ0v) is 11.6. The Morgan fingerprint density at radius 1 is 1.10 bits per heavy atom. The molecule has 3 nitrogen and oxygen atoms in total. The van der Waals surface area contributed by atoms with Crippen LogP contribution in [0.15, 0.2) is 48.5 Å². The van der Waals surface area contributed by atoms with E-state index in [0.29, 0.717) is 6.54 Å². The summed E-state index contributed by atoms with van der Waals surface area (Å²) in [7, 11) is 1.44. The van der Waals surface area contributed by atoms with Gasteiger partial charge in [0.25, 0.3) is 0 Å². The Hall–Kier alpha value is -2.13. The Bertz CT molecular complexity index is 666. The number of hydrogen-bond donors (Lipinski definition) is 1. The molecule has 102 valence electrons. The van der Waals surface area contributed by atoms with Crippen molar-refractivity contribution >= 4 is 5.97 Å². The molecule has 3 heteroatoms. The Kier molecular flexibility index (Phi) is 3.07. The zero-order chi connectivity index (χ0) is 14.2. The first kappa shape index (κ1) is 12.9. The molecule has 20 heavy (non-hydrogen) atoms. The van der Waals surface area contributed by atoms with Gasteiger partial charge in [-0.15, -0.1) is 0 Å². The molecule has 1 N–H and O–H groups in total. The van der Waals surface area contributed by atoms with Crippen LogP contribution in [0.2, 0.25) is 0 Å². The van der Waals surface area contributed by atoms with Crippen LogP contribution in [0.3, 0.4) is 0 Å². The van der Waals surface area contributed by atoms with Crippen LogP contribution in [0.1, 0.15) is 22.3 Å². The van der Waals surface area contributed by atoms with Crippen molar-refractivity contribution in [2.75, 3.05) is 7.11 Å². The van der Waals surface area contributed by atoms with Gasteiger partial charge in [-0.2, -0.15) is 0 Å². The average molecular weight is 267 g/mol. The second-order valence-electron chi connectivity index (χ2n) is 5.07. The zero-order valence-electron chi connectivity index (χ0n) is 11.6. The summed E-state index contributed by atoms with van der Waals surface area (Å²) in [6, 6.07) is 15.9. The van der Waals surface area contributed by atoms with Gasteiger partial charge in [-0.3, -0.25) is 5.32 Å². The fraction of sp³-hybridized carbons (Fsp3) is 0.235. The summed E-state index contributed by atoms with van der Waals surface area (Å²) in [5, 5.41) is 3.37. The molecule has 0 aliphatic carbocycles. The first-order chi connectivity index (χ1) is 9.70. The highest BCUT2D eigenvalue weighted by atomic mass is 16.5. The lowest BCUT2D eigenvalue weighted by Crippen LogP contribution is -2.47. The predicted molar refractivity (Wildman–Crippen MR) is 77.3 cm³/mol. The molecule has 0 saturated carbocycles. The van der Waals surface area contributed by atoms with E-state index in [-0.39, 0.29) is 5.97 Å². The highest BCUT2D eigenvalue weighted by Gasteiger charge is 2.48. The summed E-state index contributed by atoms with van der Waals surface area (Å²) in [6.07, 6.45) is 0. The van der Waals surface area contributed by atoms with Crippen LogP contribution in [-0.2, 0) is 21.6 Å². The topological polar surface area (TPSA) is 38.3 Å². The van der Waals surface area contributed by atoms with Crippen molar-refractivity contribution in [3.8, 4) is 0 Å². The van der Waals surface area contributed by atoms with Gasteiger partial charge in [-0.05, 0) is 29.2 Å². The standard InChI is InChI=1S/C17H17NO2/c1-12-7-3-5-9-14(12)17(16(19)20-2)15-10-6-4-8-13(15)11-18-17/h3-10,18H,11H2,1-2H3. The van der Waals surface area contributed by atoms with E-state index in [1.54, 1.807) is 0 Å². The number of rotatable bonds is 2. The van der Waals surface area contributed by atoms with Gasteiger partial charge in [0.1, 0.15) is 0 Å². The molecule has 0 fully saturated rings. The minimum absolute atomic E-state index is 0.267. The van der Waals surface area contributed by atoms with Crippen LogP contribution in [-0.4, -0.2) is 13.1 Å². The lowest BCUT2D eigenvalue weighted by atomic mass is 9.81. The average Bonchev–Trinajstić information content (AvgIpc) is 2.87. The number of carbonyl (C=O) groups is 1. The first-order valence-corrected chi connectivity index (χ1v) is 6.68. The van der Waals surface area contributed by atoms with E-state index in [2.05, 4.69) is 5.32 Å². The van der Waals surface area contributed by atoms with Gasteiger partial charge in [0.2, 0.25) is 0 Å². The van der Waals surface area contributed by atoms with Gasteiger partial charge in [0.05, 0.1) is 7.11 Å². The van der Waals surface area contributed by atoms with Crippen molar-refractivity contribution in [1.82, 2.24) is 5.32 Å². The minimum atomic E-state index is -0.892. The largest absolute Gasteiger partial charge is 0.467 e. The van der Waals surface area contributed by atoms with Crippen molar-refractivity contribution in [3.05, 3.63) is 70.8 Å². The molecule has 0 spiro atoms. The van der Waals surface area contributed by atoms with Gasteiger partial charge in [0, 0.05) is 6.54 Å². The first-order valence-electron chi connectivity index (χ1n) is 6.68. The van der Waals surface area contributed by atoms with E-state index in [4.69, 9.17) is 4.74 Å². The minimum Gasteiger partial charge on any atom is -0.467 e. The normalized spacial score (nSPS) is 20.5. The van der Waals surface area contributed by atoms with E-state index in [1.165, 1.54) is 7.11 Å². The van der Waals surface area contributed by atoms with Crippen molar-refractivity contribution < 1.29 is 9.53 Å². The second kappa shape index (κ2) is 4.76. The fourth-order valence-electron chi connectivity index (χ4n) is 3.04. The molecule has 0 saturated heterocycles. The highest BCUT2D eigenvalue weighted by molar-refractivity contribution is 5.89. The van der Waals surface area contributed by atoms with Crippen LogP contribution >= 0.6 is 0 Å². The molecule has 1 aliphatic rings. The summed E-state index contributed by atoms with van der Waals surface area (Å²) in [6.45, 7) is 2.68. The molecule has 1 unspecified atom stereocenters. The van der Waals surface area contributed by atoms with Gasteiger partial charge < -0.3 is 4.74 Å². The third-order valence-electron chi connectivity index (χ3n) is 4.01. The number of nitrogens with one attached hydrogen (secondary N) is 1. The molecule has 1 atom stereocenters. The van der Waals surface area contributed by atoms with Crippen LogP contribution in [0.4, 0.5) is 0 Å². The lowest BCUT2D eigenvalue weighted by molar-refractivity contribution is -0.146. The van der Waals surface area contributed by atoms with Crippen molar-refractivity contribution in [1.29, 1.82) is 0 Å². The number of benzene rings is 2. The maximum Gasteiger partial charge on any atom is 0.335 e. The number of esters is 1. The molecule has 2 aromatic carbocycles. The Balaban J connectivity index is 2.28. The van der Waals surface area contributed by atoms with E-state index < -0.39 is 5.54 Å². The summed E-state index contributed by atoms with van der Waals surface area (Å²) in [5.74, 6) is -0.267. The SMILES string of the molecule is COC(=O)C1(c2ccccc2C)NCc2ccccc21. The van der Waals surface area contributed by atoms with Crippen LogP contribution in [0.5, 0.6) is 0 Å². The van der Waals surface area contributed by atoms with Crippen molar-refractivity contribution in [3.63, 3.8) is 0 Å². The Morgan fingerprint density at radius 2 is 1.75 bits per heavy atom. The van der Waals surface area contributed by atoms with Gasteiger partial charge >= 0.3 is 5.97 Å². The summed E-state index contributed by atoms with van der Waals surface area (Å²) in [4.78, 5) is 12.6. The van der Waals surface area contributed by atoms with Crippen molar-refractivity contribution in [2.24, 2.45) is 0 Å². The number of ether oxygens (including phenoxy) is 1. The smallest absolute Gasteiger partial charge is 0.335 e. The van der Waals surface area contributed by atoms with Gasteiger partial charge in [0.15, 0.2) is 5.54 Å². The molecule has 0 amide bonds.